The first-order valence-electron chi connectivity index (χ1n) is 5.69. The van der Waals surface area contributed by atoms with Crippen LogP contribution in [0, 0.1) is 0 Å². The second-order valence-electron chi connectivity index (χ2n) is 3.95. The topological polar surface area (TPSA) is 57.6 Å². The van der Waals surface area contributed by atoms with E-state index in [2.05, 4.69) is 0 Å². The van der Waals surface area contributed by atoms with Crippen LogP contribution in [0.1, 0.15) is 25.6 Å². The van der Waals surface area contributed by atoms with Crippen LogP contribution in [0.2, 0.25) is 0 Å². The number of aliphatic carboxylic acids is 1. The van der Waals surface area contributed by atoms with Crippen LogP contribution in [0.3, 0.4) is 0 Å². The molecule has 1 rings (SSSR count). The molecule has 0 radical (unpaired) electrons. The molecule has 0 unspecified atom stereocenters. The van der Waals surface area contributed by atoms with Crippen LogP contribution in [-0.2, 0) is 16.1 Å². The summed E-state index contributed by atoms with van der Waals surface area (Å²) in [5, 5.41) is 10.8. The number of hydrogen-bond acceptors (Lipinski definition) is 3. The Labute approximate surface area is 111 Å². The molecule has 0 spiro atoms. The zero-order valence-corrected chi connectivity index (χ0v) is 11.6. The van der Waals surface area contributed by atoms with Crippen LogP contribution >= 0.6 is 11.3 Å². The minimum atomic E-state index is -1.05. The van der Waals surface area contributed by atoms with E-state index in [0.717, 1.165) is 4.88 Å². The van der Waals surface area contributed by atoms with Crippen molar-refractivity contribution in [2.75, 3.05) is 6.54 Å². The molecule has 0 atom stereocenters. The van der Waals surface area contributed by atoms with Crippen LogP contribution in [0.15, 0.2) is 28.7 Å². The van der Waals surface area contributed by atoms with Crippen molar-refractivity contribution in [2.45, 2.75) is 27.3 Å². The number of nitrogens with zero attached hydrogens (tertiary/aromatic N) is 1. The molecule has 18 heavy (non-hydrogen) atoms. The van der Waals surface area contributed by atoms with Crippen molar-refractivity contribution in [1.29, 1.82) is 0 Å². The molecule has 1 aromatic heterocycles. The molecule has 0 aromatic carbocycles. The highest BCUT2D eigenvalue weighted by Gasteiger charge is 2.18. The van der Waals surface area contributed by atoms with Crippen LogP contribution in [0.5, 0.6) is 0 Å². The maximum absolute atomic E-state index is 12.2. The molecule has 0 aliphatic heterocycles. The Morgan fingerprint density at radius 2 is 2.00 bits per heavy atom. The molecule has 0 aliphatic rings. The minimum Gasteiger partial charge on any atom is -0.478 e. The van der Waals surface area contributed by atoms with Crippen molar-refractivity contribution in [3.8, 4) is 0 Å². The van der Waals surface area contributed by atoms with Crippen LogP contribution < -0.4 is 0 Å². The standard InChI is InChI=1S/C13H17NO3S/c1-4-14(8-11-6-5-7-18-11)12(15)9(2)10(3)13(16)17/h5-7H,4,8H2,1-3H3,(H,16,17). The van der Waals surface area contributed by atoms with E-state index in [0.29, 0.717) is 18.7 Å². The van der Waals surface area contributed by atoms with Gasteiger partial charge in [-0.1, -0.05) is 6.07 Å². The van der Waals surface area contributed by atoms with Crippen molar-refractivity contribution < 1.29 is 14.7 Å². The van der Waals surface area contributed by atoms with Gasteiger partial charge in [0.25, 0.3) is 0 Å². The third-order valence-electron chi connectivity index (χ3n) is 2.80. The lowest BCUT2D eigenvalue weighted by Crippen LogP contribution is -2.31. The first kappa shape index (κ1) is 14.4. The van der Waals surface area contributed by atoms with E-state index in [1.165, 1.54) is 6.92 Å². The van der Waals surface area contributed by atoms with Crippen molar-refractivity contribution in [3.63, 3.8) is 0 Å². The first-order chi connectivity index (χ1) is 8.47. The molecule has 98 valence electrons. The quantitative estimate of drug-likeness (QED) is 0.834. The summed E-state index contributed by atoms with van der Waals surface area (Å²) in [6.45, 7) is 5.98. The summed E-state index contributed by atoms with van der Waals surface area (Å²) in [4.78, 5) is 25.7. The second kappa shape index (κ2) is 6.35. The van der Waals surface area contributed by atoms with Gasteiger partial charge in [-0.2, -0.15) is 0 Å². The van der Waals surface area contributed by atoms with E-state index in [4.69, 9.17) is 5.11 Å². The Kier molecular flexibility index (Phi) is 5.09. The van der Waals surface area contributed by atoms with Gasteiger partial charge in [0, 0.05) is 22.6 Å². The lowest BCUT2D eigenvalue weighted by atomic mass is 10.1. The number of likely N-dealkylation sites (N-methyl/N-ethyl adjacent to an activating group) is 1. The average Bonchev–Trinajstić information content (AvgIpc) is 2.85. The zero-order chi connectivity index (χ0) is 13.7. The Hall–Kier alpha value is -1.62. The summed E-state index contributed by atoms with van der Waals surface area (Å²) in [6.07, 6.45) is 0. The number of thiophene rings is 1. The SMILES string of the molecule is CCN(Cc1cccs1)C(=O)C(C)=C(C)C(=O)O. The van der Waals surface area contributed by atoms with Gasteiger partial charge in [0.15, 0.2) is 0 Å². The normalized spacial score (nSPS) is 11.9. The number of carbonyl (C=O) groups excluding carboxylic acids is 1. The van der Waals surface area contributed by atoms with Gasteiger partial charge >= 0.3 is 5.97 Å². The smallest absolute Gasteiger partial charge is 0.331 e. The van der Waals surface area contributed by atoms with Gasteiger partial charge in [-0.25, -0.2) is 4.79 Å². The predicted octanol–water partition coefficient (Wildman–Crippen LogP) is 2.52. The molecular weight excluding hydrogens is 250 g/mol. The molecule has 1 N–H and O–H groups in total. The predicted molar refractivity (Wildman–Crippen MR) is 71.4 cm³/mol. The van der Waals surface area contributed by atoms with Gasteiger partial charge in [0.05, 0.1) is 6.54 Å². The van der Waals surface area contributed by atoms with Crippen LogP contribution in [0.25, 0.3) is 0 Å². The molecule has 0 fully saturated rings. The van der Waals surface area contributed by atoms with Crippen LogP contribution in [0.4, 0.5) is 0 Å². The van der Waals surface area contributed by atoms with E-state index < -0.39 is 5.97 Å². The Morgan fingerprint density at radius 3 is 2.44 bits per heavy atom. The van der Waals surface area contributed by atoms with Crippen molar-refractivity contribution in [3.05, 3.63) is 33.5 Å². The highest BCUT2D eigenvalue weighted by Crippen LogP contribution is 2.15. The maximum Gasteiger partial charge on any atom is 0.331 e. The first-order valence-corrected chi connectivity index (χ1v) is 6.57. The molecule has 5 heteroatoms. The molecule has 0 saturated heterocycles. The summed E-state index contributed by atoms with van der Waals surface area (Å²) in [7, 11) is 0. The Balaban J connectivity index is 2.86. The number of carboxylic acids is 1. The third-order valence-corrected chi connectivity index (χ3v) is 3.66. The third kappa shape index (κ3) is 3.43. The summed E-state index contributed by atoms with van der Waals surface area (Å²) in [5.74, 6) is -1.26. The number of hydrogen-bond donors (Lipinski definition) is 1. The maximum atomic E-state index is 12.2. The largest absolute Gasteiger partial charge is 0.478 e. The molecule has 1 amide bonds. The second-order valence-corrected chi connectivity index (χ2v) is 4.99. The lowest BCUT2D eigenvalue weighted by molar-refractivity contribution is -0.134. The summed E-state index contributed by atoms with van der Waals surface area (Å²) >= 11 is 1.58. The number of carboxylic acid groups (broad SMARTS) is 1. The van der Waals surface area contributed by atoms with Gasteiger partial charge in [-0.05, 0) is 32.2 Å². The van der Waals surface area contributed by atoms with Crippen molar-refractivity contribution in [2.24, 2.45) is 0 Å². The fourth-order valence-corrected chi connectivity index (χ4v) is 2.20. The molecule has 0 saturated carbocycles. The van der Waals surface area contributed by atoms with Gasteiger partial charge in [0.2, 0.25) is 5.91 Å². The van der Waals surface area contributed by atoms with Crippen molar-refractivity contribution in [1.82, 2.24) is 4.90 Å². The highest BCUT2D eigenvalue weighted by atomic mass is 32.1. The molecule has 1 aromatic rings. The van der Waals surface area contributed by atoms with Gasteiger partial charge < -0.3 is 10.0 Å². The van der Waals surface area contributed by atoms with Gasteiger partial charge in [0.1, 0.15) is 0 Å². The van der Waals surface area contributed by atoms with E-state index >= 15 is 0 Å². The Bertz CT molecular complexity index is 463. The minimum absolute atomic E-state index is 0.102. The fraction of sp³-hybridized carbons (Fsp3) is 0.385. The summed E-state index contributed by atoms with van der Waals surface area (Å²) < 4.78 is 0. The highest BCUT2D eigenvalue weighted by molar-refractivity contribution is 7.09. The zero-order valence-electron chi connectivity index (χ0n) is 10.8. The summed E-state index contributed by atoms with van der Waals surface area (Å²) in [5.41, 5.74) is 0.394. The van der Waals surface area contributed by atoms with Crippen molar-refractivity contribution >= 4 is 23.2 Å². The molecule has 1 heterocycles. The molecule has 0 bridgehead atoms. The van der Waals surface area contributed by atoms with Gasteiger partial charge in [-0.3, -0.25) is 4.79 Å². The average molecular weight is 267 g/mol. The van der Waals surface area contributed by atoms with E-state index in [-0.39, 0.29) is 11.5 Å². The molecule has 0 aliphatic carbocycles. The monoisotopic (exact) mass is 267 g/mol. The molecule has 4 nitrogen and oxygen atoms in total. The molecular formula is C13H17NO3S. The Morgan fingerprint density at radius 1 is 1.33 bits per heavy atom. The fourth-order valence-electron chi connectivity index (χ4n) is 1.48. The van der Waals surface area contributed by atoms with Gasteiger partial charge in [-0.15, -0.1) is 11.3 Å². The number of rotatable bonds is 5. The summed E-state index contributed by atoms with van der Waals surface area (Å²) in [6, 6.07) is 3.90. The van der Waals surface area contributed by atoms with E-state index in [1.54, 1.807) is 23.2 Å². The number of carbonyl (C=O) groups is 2. The van der Waals surface area contributed by atoms with E-state index in [1.807, 2.05) is 24.4 Å². The lowest BCUT2D eigenvalue weighted by Gasteiger charge is -2.21. The van der Waals surface area contributed by atoms with Crippen LogP contribution in [-0.4, -0.2) is 28.4 Å². The van der Waals surface area contributed by atoms with E-state index in [9.17, 15) is 9.59 Å². The number of amides is 1.